The lowest BCUT2D eigenvalue weighted by Gasteiger charge is -2.26. The Kier molecular flexibility index (Phi) is 3.15. The predicted octanol–water partition coefficient (Wildman–Crippen LogP) is -1.36. The largest absolute Gasteiger partial charge is 0.588 e. The van der Waals surface area contributed by atoms with E-state index < -0.39 is 8.03 Å². The van der Waals surface area contributed by atoms with Gasteiger partial charge in [0.05, 0.1) is 0 Å². The van der Waals surface area contributed by atoms with Gasteiger partial charge in [-0.3, -0.25) is 0 Å². The van der Waals surface area contributed by atoms with Crippen molar-refractivity contribution in [2.75, 3.05) is 31.1 Å². The van der Waals surface area contributed by atoms with E-state index in [9.17, 15) is 4.57 Å². The van der Waals surface area contributed by atoms with E-state index in [-0.39, 0.29) is 5.57 Å². The van der Waals surface area contributed by atoms with Crippen LogP contribution in [0.5, 0.6) is 0 Å². The van der Waals surface area contributed by atoms with Crippen molar-refractivity contribution in [2.24, 2.45) is 0 Å². The molecule has 1 saturated heterocycles. The summed E-state index contributed by atoms with van der Waals surface area (Å²) in [5.74, 6) is 0.471. The Morgan fingerprint density at radius 2 is 2.13 bits per heavy atom. The Morgan fingerprint density at radius 1 is 1.40 bits per heavy atom. The van der Waals surface area contributed by atoms with Crippen molar-refractivity contribution >= 4 is 19.5 Å². The molecule has 0 spiro atoms. The van der Waals surface area contributed by atoms with E-state index >= 15 is 0 Å². The van der Waals surface area contributed by atoms with Crippen LogP contribution in [0.3, 0.4) is 0 Å². The maximum absolute atomic E-state index is 10.8. The van der Waals surface area contributed by atoms with E-state index in [1.54, 1.807) is 0 Å². The molecular weight excluding hydrogens is 217 g/mol. The monoisotopic (exact) mass is 228 g/mol. The van der Waals surface area contributed by atoms with Gasteiger partial charge in [0, 0.05) is 26.2 Å². The van der Waals surface area contributed by atoms with Crippen molar-refractivity contribution in [3.63, 3.8) is 0 Å². The first-order valence-corrected chi connectivity index (χ1v) is 5.79. The molecule has 2 N–H and O–H groups in total. The molecule has 1 fully saturated rings. The first-order valence-electron chi connectivity index (χ1n) is 4.58. The summed E-state index contributed by atoms with van der Waals surface area (Å²) in [6.45, 7) is 3.33. The van der Waals surface area contributed by atoms with Crippen LogP contribution in [0.2, 0.25) is 0 Å². The van der Waals surface area contributed by atoms with Gasteiger partial charge in [0.2, 0.25) is 5.95 Å². The molecule has 2 rings (SSSR count). The van der Waals surface area contributed by atoms with Crippen molar-refractivity contribution in [3.8, 4) is 0 Å². The molecule has 1 unspecified atom stereocenters. The molecule has 0 radical (unpaired) electrons. The van der Waals surface area contributed by atoms with Crippen LogP contribution in [0, 0.1) is 0 Å². The Hall–Kier alpha value is -1.17. The number of piperazine rings is 1. The van der Waals surface area contributed by atoms with Crippen LogP contribution in [0.1, 0.15) is 0 Å². The van der Waals surface area contributed by atoms with Crippen molar-refractivity contribution in [3.05, 3.63) is 6.33 Å². The van der Waals surface area contributed by atoms with Crippen molar-refractivity contribution in [1.29, 1.82) is 0 Å². The quantitative estimate of drug-likeness (QED) is 0.604. The number of hydrogen-bond donors (Lipinski definition) is 2. The number of hydrogen-bond acceptors (Lipinski definition) is 6. The van der Waals surface area contributed by atoms with Crippen LogP contribution in [0.25, 0.3) is 0 Å². The fraction of sp³-hybridized carbons (Fsp3) is 0.571. The Labute approximate surface area is 87.4 Å². The second-order valence-electron chi connectivity index (χ2n) is 3.10. The van der Waals surface area contributed by atoms with Crippen LogP contribution in [0.15, 0.2) is 6.33 Å². The van der Waals surface area contributed by atoms with E-state index in [1.807, 2.05) is 4.90 Å². The number of rotatable bonds is 2. The first-order chi connectivity index (χ1) is 7.27. The Balaban J connectivity index is 2.19. The molecule has 0 aliphatic carbocycles. The number of nitrogens with zero attached hydrogens (tertiary/aromatic N) is 4. The second kappa shape index (κ2) is 4.57. The summed E-state index contributed by atoms with van der Waals surface area (Å²) in [6, 6.07) is 0. The SMILES string of the molecule is O=[P+](O)c1ncnc(N2CCNCC2)n1. The molecule has 1 aliphatic rings. The third-order valence-electron chi connectivity index (χ3n) is 2.12. The van der Waals surface area contributed by atoms with Gasteiger partial charge in [-0.1, -0.05) is 0 Å². The summed E-state index contributed by atoms with van der Waals surface area (Å²) in [6.07, 6.45) is 1.27. The second-order valence-corrected chi connectivity index (χ2v) is 4.04. The highest BCUT2D eigenvalue weighted by atomic mass is 31.1. The molecule has 2 heterocycles. The summed E-state index contributed by atoms with van der Waals surface area (Å²) in [5.41, 5.74) is -0.0615. The van der Waals surface area contributed by atoms with Gasteiger partial charge in [0.15, 0.2) is 0 Å². The van der Waals surface area contributed by atoms with Crippen LogP contribution in [0.4, 0.5) is 5.95 Å². The summed E-state index contributed by atoms with van der Waals surface area (Å²) in [5, 5.41) is 3.20. The molecule has 15 heavy (non-hydrogen) atoms. The highest BCUT2D eigenvalue weighted by molar-refractivity contribution is 7.46. The molecule has 8 heteroatoms. The van der Waals surface area contributed by atoms with E-state index in [1.165, 1.54) is 6.33 Å². The zero-order valence-electron chi connectivity index (χ0n) is 8.00. The summed E-state index contributed by atoms with van der Waals surface area (Å²) in [4.78, 5) is 22.4. The molecule has 0 amide bonds. The van der Waals surface area contributed by atoms with Gasteiger partial charge >= 0.3 is 13.6 Å². The van der Waals surface area contributed by atoms with Gasteiger partial charge in [-0.05, 0) is 4.57 Å². The highest BCUT2D eigenvalue weighted by Gasteiger charge is 2.23. The summed E-state index contributed by atoms with van der Waals surface area (Å²) >= 11 is 0. The minimum absolute atomic E-state index is 0.0615. The molecule has 1 aliphatic heterocycles. The minimum atomic E-state index is -2.49. The third-order valence-corrected chi connectivity index (χ3v) is 2.67. The molecule has 1 aromatic heterocycles. The molecular formula is C7H11N5O2P+. The van der Waals surface area contributed by atoms with E-state index in [0.717, 1.165) is 26.2 Å². The first kappa shape index (κ1) is 10.4. The minimum Gasteiger partial charge on any atom is -0.338 e. The fourth-order valence-corrected chi connectivity index (χ4v) is 1.71. The lowest BCUT2D eigenvalue weighted by atomic mass is 10.4. The molecule has 1 atom stereocenters. The molecule has 80 valence electrons. The molecule has 0 aromatic carbocycles. The zero-order chi connectivity index (χ0) is 10.7. The predicted molar refractivity (Wildman–Crippen MR) is 54.4 cm³/mol. The van der Waals surface area contributed by atoms with Gasteiger partial charge < -0.3 is 10.2 Å². The van der Waals surface area contributed by atoms with E-state index in [0.29, 0.717) is 5.95 Å². The van der Waals surface area contributed by atoms with E-state index in [4.69, 9.17) is 4.89 Å². The van der Waals surface area contributed by atoms with E-state index in [2.05, 4.69) is 20.3 Å². The maximum Gasteiger partial charge on any atom is 0.588 e. The van der Waals surface area contributed by atoms with Crippen molar-refractivity contribution < 1.29 is 9.46 Å². The van der Waals surface area contributed by atoms with Crippen LogP contribution >= 0.6 is 8.03 Å². The number of anilines is 1. The average molecular weight is 228 g/mol. The molecule has 0 bridgehead atoms. The molecule has 7 nitrogen and oxygen atoms in total. The van der Waals surface area contributed by atoms with Crippen LogP contribution < -0.4 is 15.8 Å². The van der Waals surface area contributed by atoms with Gasteiger partial charge in [0.25, 0.3) is 0 Å². The van der Waals surface area contributed by atoms with Crippen LogP contribution in [-0.2, 0) is 4.57 Å². The smallest absolute Gasteiger partial charge is 0.338 e. The number of aromatic nitrogens is 3. The topological polar surface area (TPSA) is 91.2 Å². The fourth-order valence-electron chi connectivity index (χ4n) is 1.39. The van der Waals surface area contributed by atoms with Crippen molar-refractivity contribution in [1.82, 2.24) is 20.3 Å². The maximum atomic E-state index is 10.8. The normalized spacial score (nSPS) is 17.7. The molecule has 0 saturated carbocycles. The Morgan fingerprint density at radius 3 is 2.80 bits per heavy atom. The standard InChI is InChI=1S/C7H10N5O2P/c13-15(14)7-10-5-9-6(11-7)12-3-1-8-2-4-12/h5,8H,1-4H2/p+1. The van der Waals surface area contributed by atoms with Gasteiger partial charge in [-0.15, -0.1) is 4.98 Å². The zero-order valence-corrected chi connectivity index (χ0v) is 8.89. The highest BCUT2D eigenvalue weighted by Crippen LogP contribution is 2.11. The van der Waals surface area contributed by atoms with Crippen LogP contribution in [-0.4, -0.2) is 46.0 Å². The summed E-state index contributed by atoms with van der Waals surface area (Å²) < 4.78 is 10.8. The lowest BCUT2D eigenvalue weighted by Crippen LogP contribution is -2.44. The lowest BCUT2D eigenvalue weighted by molar-refractivity contribution is 0.511. The average Bonchev–Trinajstić information content (AvgIpc) is 2.30. The van der Waals surface area contributed by atoms with Crippen molar-refractivity contribution in [2.45, 2.75) is 0 Å². The molecule has 1 aromatic rings. The van der Waals surface area contributed by atoms with Gasteiger partial charge in [-0.25, -0.2) is 4.98 Å². The third kappa shape index (κ3) is 2.44. The Bertz CT molecular complexity index is 368. The number of nitrogens with one attached hydrogen (secondary N) is 1. The van der Waals surface area contributed by atoms with Gasteiger partial charge in [0.1, 0.15) is 6.33 Å². The van der Waals surface area contributed by atoms with Gasteiger partial charge in [-0.2, -0.15) is 9.88 Å². The summed E-state index contributed by atoms with van der Waals surface area (Å²) in [7, 11) is -2.49.